The van der Waals surface area contributed by atoms with E-state index >= 15 is 0 Å². The van der Waals surface area contributed by atoms with Crippen molar-refractivity contribution < 1.29 is 9.53 Å². The van der Waals surface area contributed by atoms with E-state index in [1.807, 2.05) is 66.3 Å². The summed E-state index contributed by atoms with van der Waals surface area (Å²) in [5, 5.41) is 7.14. The van der Waals surface area contributed by atoms with Crippen LogP contribution in [0.1, 0.15) is 35.3 Å². The monoisotopic (exact) mass is 663 g/mol. The lowest BCUT2D eigenvalue weighted by Crippen LogP contribution is -2.48. The molecule has 2 aliphatic rings. The number of methoxy groups -OCH3 is 1. The molecule has 48 heavy (non-hydrogen) atoms. The van der Waals surface area contributed by atoms with Gasteiger partial charge in [0.1, 0.15) is 17.3 Å². The number of thiophene rings is 1. The smallest absolute Gasteiger partial charge is 0.272 e. The molecule has 2 fully saturated rings. The number of carbonyl (C=O) groups is 1. The Labute approximate surface area is 286 Å². The fourth-order valence-corrected chi connectivity index (χ4v) is 8.14. The van der Waals surface area contributed by atoms with E-state index in [1.54, 1.807) is 18.4 Å². The Balaban J connectivity index is 1.01. The minimum atomic E-state index is -0.194. The molecule has 0 bridgehead atoms. The lowest BCUT2D eigenvalue weighted by Gasteiger charge is -2.36. The number of piperazine rings is 1. The third-order valence-corrected chi connectivity index (χ3v) is 10.9. The molecule has 2 saturated heterocycles. The van der Waals surface area contributed by atoms with Crippen molar-refractivity contribution in [1.29, 1.82) is 0 Å². The van der Waals surface area contributed by atoms with Gasteiger partial charge in [-0.05, 0) is 61.1 Å². The number of nitrogens with one attached hydrogen (secondary N) is 1. The molecule has 0 unspecified atom stereocenters. The molecule has 5 heterocycles. The highest BCUT2D eigenvalue weighted by atomic mass is 32.1. The van der Waals surface area contributed by atoms with Gasteiger partial charge in [-0.25, -0.2) is 4.98 Å². The molecule has 1 amide bonds. The highest BCUT2D eigenvalue weighted by Crippen LogP contribution is 2.41. The molecule has 0 spiro atoms. The van der Waals surface area contributed by atoms with E-state index in [-0.39, 0.29) is 5.91 Å². The second kappa shape index (κ2) is 14.5. The summed E-state index contributed by atoms with van der Waals surface area (Å²) in [5.74, 6) is 0.889. The number of aryl methyl sites for hydroxylation is 1. The number of nitrogens with two attached hydrogens (primary N) is 1. The van der Waals surface area contributed by atoms with Crippen LogP contribution in [-0.2, 0) is 7.05 Å². The van der Waals surface area contributed by atoms with Crippen molar-refractivity contribution in [3.05, 3.63) is 77.4 Å². The number of carbonyl (C=O) groups excluding carboxylic acids is 1. The fourth-order valence-electron chi connectivity index (χ4n) is 7.06. The van der Waals surface area contributed by atoms with E-state index in [4.69, 9.17) is 10.5 Å². The van der Waals surface area contributed by atoms with E-state index in [2.05, 4.69) is 42.5 Å². The quantitative estimate of drug-likeness (QED) is 0.178. The lowest BCUT2D eigenvalue weighted by atomic mass is 10.0. The number of fused-ring (bicyclic) bond motifs is 2. The summed E-state index contributed by atoms with van der Waals surface area (Å²) in [5.41, 5.74) is 11.7. The molecule has 7 rings (SSSR count). The molecular formula is C38H45N7O2S. The van der Waals surface area contributed by atoms with Crippen molar-refractivity contribution in [3.63, 3.8) is 0 Å². The number of rotatable bonds is 10. The molecule has 2 aliphatic heterocycles. The molecule has 5 aromatic rings. The third kappa shape index (κ3) is 6.84. The molecule has 0 saturated carbocycles. The first-order valence-electron chi connectivity index (χ1n) is 17.0. The maximum atomic E-state index is 13.3. The van der Waals surface area contributed by atoms with E-state index < -0.39 is 0 Å². The van der Waals surface area contributed by atoms with Crippen molar-refractivity contribution in [3.8, 4) is 16.9 Å². The summed E-state index contributed by atoms with van der Waals surface area (Å²) in [6.07, 6.45) is 10.4. The Kier molecular flexibility index (Phi) is 9.76. The van der Waals surface area contributed by atoms with Crippen molar-refractivity contribution in [2.75, 3.05) is 77.1 Å². The Morgan fingerprint density at radius 2 is 1.73 bits per heavy atom. The largest absolute Gasteiger partial charge is 0.495 e. The second-order valence-electron chi connectivity index (χ2n) is 12.9. The Hall–Kier alpha value is -4.22. The van der Waals surface area contributed by atoms with Crippen LogP contribution in [0.5, 0.6) is 5.75 Å². The molecular weight excluding hydrogens is 619 g/mol. The number of likely N-dealkylation sites (tertiary alicyclic amines) is 1. The zero-order valence-electron chi connectivity index (χ0n) is 28.0. The number of piperidine rings is 1. The number of pyridine rings is 1. The summed E-state index contributed by atoms with van der Waals surface area (Å²) in [6, 6.07) is 15.7. The van der Waals surface area contributed by atoms with E-state index in [1.165, 1.54) is 45.4 Å². The van der Waals surface area contributed by atoms with Crippen LogP contribution in [0.15, 0.2) is 66.2 Å². The molecule has 0 radical (unpaired) electrons. The Morgan fingerprint density at radius 1 is 0.979 bits per heavy atom. The van der Waals surface area contributed by atoms with Gasteiger partial charge in [-0.1, -0.05) is 42.8 Å². The number of nitrogen functional groups attached to an aromatic ring is 1. The number of aromatic nitrogens is 2. The van der Waals surface area contributed by atoms with Gasteiger partial charge in [0.25, 0.3) is 5.91 Å². The molecule has 9 nitrogen and oxygen atoms in total. The van der Waals surface area contributed by atoms with Crippen LogP contribution in [-0.4, -0.2) is 96.2 Å². The Bertz CT molecular complexity index is 1930. The first-order chi connectivity index (χ1) is 23.5. The first kappa shape index (κ1) is 32.3. The molecule has 0 atom stereocenters. The van der Waals surface area contributed by atoms with Crippen LogP contribution < -0.4 is 15.8 Å². The number of para-hydroxylation sites is 1. The maximum Gasteiger partial charge on any atom is 0.272 e. The lowest BCUT2D eigenvalue weighted by molar-refractivity contribution is 0.101. The van der Waals surface area contributed by atoms with Crippen molar-refractivity contribution >= 4 is 55.8 Å². The topological polar surface area (TPSA) is 91.9 Å². The van der Waals surface area contributed by atoms with Gasteiger partial charge >= 0.3 is 0 Å². The summed E-state index contributed by atoms with van der Waals surface area (Å²) < 4.78 is 8.77. The zero-order valence-corrected chi connectivity index (χ0v) is 28.8. The van der Waals surface area contributed by atoms with Crippen LogP contribution in [0.3, 0.4) is 0 Å². The third-order valence-electron chi connectivity index (χ3n) is 9.90. The number of amides is 1. The van der Waals surface area contributed by atoms with Crippen LogP contribution in [0.25, 0.3) is 38.2 Å². The van der Waals surface area contributed by atoms with Gasteiger partial charge in [-0.2, -0.15) is 0 Å². The number of ether oxygens (including phenoxy) is 1. The van der Waals surface area contributed by atoms with Crippen molar-refractivity contribution in [2.45, 2.75) is 19.3 Å². The van der Waals surface area contributed by atoms with Crippen LogP contribution in [0, 0.1) is 0 Å². The molecule has 3 aromatic heterocycles. The van der Waals surface area contributed by atoms with Gasteiger partial charge in [0.05, 0.1) is 12.8 Å². The van der Waals surface area contributed by atoms with Gasteiger partial charge in [0.15, 0.2) is 0 Å². The van der Waals surface area contributed by atoms with Crippen molar-refractivity contribution in [2.24, 2.45) is 7.05 Å². The normalized spacial score (nSPS) is 16.7. The number of benzene rings is 2. The number of hydrogen-bond donors (Lipinski definition) is 2. The standard InChI is InChI=1S/C38H45N7O2S/c1-42-32-11-5-4-9-28(32)23-33(42)38(46)41-31-13-12-27(24-34(31)47-2)30-26-48-36-29(25-40-37(39)35(30)36)10-8-16-44-18-21-45(22-19-44)20-17-43-14-6-3-7-15-43/h4-5,8-13,23-26H,3,6-7,14-22H2,1-2H3,(H2,39,40)(H,41,46). The number of hydrogen-bond acceptors (Lipinski definition) is 8. The van der Waals surface area contributed by atoms with Gasteiger partial charge in [-0.15, -0.1) is 11.3 Å². The summed E-state index contributed by atoms with van der Waals surface area (Å²) in [4.78, 5) is 25.7. The molecule has 3 N–H and O–H groups in total. The average Bonchev–Trinajstić information content (AvgIpc) is 3.72. The molecule has 0 aliphatic carbocycles. The molecule has 2 aromatic carbocycles. The summed E-state index contributed by atoms with van der Waals surface area (Å²) in [7, 11) is 3.52. The van der Waals surface area contributed by atoms with Gasteiger partial charge < -0.3 is 25.3 Å². The highest BCUT2D eigenvalue weighted by molar-refractivity contribution is 7.18. The maximum absolute atomic E-state index is 13.3. The summed E-state index contributed by atoms with van der Waals surface area (Å²) in [6.45, 7) is 10.3. The predicted molar refractivity (Wildman–Crippen MR) is 199 cm³/mol. The van der Waals surface area contributed by atoms with Gasteiger partial charge in [-0.3, -0.25) is 14.6 Å². The highest BCUT2D eigenvalue weighted by Gasteiger charge is 2.20. The number of anilines is 2. The first-order valence-corrected chi connectivity index (χ1v) is 17.9. The minimum absolute atomic E-state index is 0.194. The zero-order chi connectivity index (χ0) is 33.0. The fraction of sp³-hybridized carbons (Fsp3) is 0.368. The van der Waals surface area contributed by atoms with Crippen LogP contribution in [0.2, 0.25) is 0 Å². The number of nitrogens with zero attached hydrogens (tertiary/aromatic N) is 5. The van der Waals surface area contributed by atoms with E-state index in [0.717, 1.165) is 70.4 Å². The van der Waals surface area contributed by atoms with Crippen LogP contribution >= 0.6 is 11.3 Å². The minimum Gasteiger partial charge on any atom is -0.495 e. The molecule has 250 valence electrons. The van der Waals surface area contributed by atoms with Crippen molar-refractivity contribution in [1.82, 2.24) is 24.3 Å². The van der Waals surface area contributed by atoms with Gasteiger partial charge in [0, 0.05) is 91.2 Å². The average molecular weight is 664 g/mol. The van der Waals surface area contributed by atoms with E-state index in [9.17, 15) is 4.79 Å². The van der Waals surface area contributed by atoms with E-state index in [0.29, 0.717) is 22.9 Å². The predicted octanol–water partition coefficient (Wildman–Crippen LogP) is 6.41. The SMILES string of the molecule is COc1cc(-c2csc3c(C=CCN4CCN(CCN5CCCCC5)CC4)cnc(N)c23)ccc1NC(=O)c1cc2ccccc2n1C. The van der Waals surface area contributed by atoms with Gasteiger partial charge in [0.2, 0.25) is 0 Å². The Morgan fingerprint density at radius 3 is 2.50 bits per heavy atom. The van der Waals surface area contributed by atoms with Crippen LogP contribution in [0.4, 0.5) is 11.5 Å². The second-order valence-corrected chi connectivity index (χ2v) is 13.8. The summed E-state index contributed by atoms with van der Waals surface area (Å²) >= 11 is 1.67. The molecule has 10 heteroatoms.